The molecule has 0 aliphatic carbocycles. The summed E-state index contributed by atoms with van der Waals surface area (Å²) >= 11 is 1.43. The maximum absolute atomic E-state index is 13.3. The van der Waals surface area contributed by atoms with E-state index in [-0.39, 0.29) is 5.82 Å². The van der Waals surface area contributed by atoms with Crippen molar-refractivity contribution >= 4 is 17.6 Å². The van der Waals surface area contributed by atoms with E-state index < -0.39 is 0 Å². The van der Waals surface area contributed by atoms with E-state index in [1.54, 1.807) is 12.1 Å². The number of rotatable bonds is 6. The Bertz CT molecular complexity index is 622. The van der Waals surface area contributed by atoms with Crippen LogP contribution < -0.4 is 10.1 Å². The third kappa shape index (κ3) is 4.32. The van der Waals surface area contributed by atoms with Crippen LogP contribution in [0.5, 0.6) is 11.6 Å². The number of hydrogen-bond acceptors (Lipinski definition) is 5. The molecule has 1 heterocycles. The van der Waals surface area contributed by atoms with E-state index in [2.05, 4.69) is 22.2 Å². The van der Waals surface area contributed by atoms with E-state index in [1.807, 2.05) is 13.2 Å². The normalized spacial score (nSPS) is 10.5. The molecule has 1 N–H and O–H groups in total. The van der Waals surface area contributed by atoms with Crippen molar-refractivity contribution in [3.05, 3.63) is 35.6 Å². The average molecular weight is 307 g/mol. The number of halogens is 1. The Balaban J connectivity index is 2.27. The van der Waals surface area contributed by atoms with Crippen LogP contribution in [-0.2, 0) is 0 Å². The molecule has 0 radical (unpaired) electrons. The summed E-state index contributed by atoms with van der Waals surface area (Å²) in [5.41, 5.74) is 0.851. The molecule has 2 aromatic rings. The highest BCUT2D eigenvalue weighted by Crippen LogP contribution is 2.27. The summed E-state index contributed by atoms with van der Waals surface area (Å²) in [7, 11) is 0. The van der Waals surface area contributed by atoms with E-state index in [1.165, 1.54) is 23.9 Å². The third-order valence-electron chi connectivity index (χ3n) is 2.79. The number of ether oxygens (including phenoxy) is 1. The molecule has 0 saturated carbocycles. The summed E-state index contributed by atoms with van der Waals surface area (Å²) in [6.45, 7) is 4.77. The predicted molar refractivity (Wildman–Crippen MR) is 83.8 cm³/mol. The van der Waals surface area contributed by atoms with Gasteiger partial charge in [0.05, 0.1) is 0 Å². The zero-order valence-electron chi connectivity index (χ0n) is 12.3. The molecule has 0 bridgehead atoms. The quantitative estimate of drug-likeness (QED) is 0.638. The van der Waals surface area contributed by atoms with Crippen molar-refractivity contribution in [2.75, 3.05) is 18.1 Å². The monoisotopic (exact) mass is 307 g/mol. The van der Waals surface area contributed by atoms with Crippen molar-refractivity contribution in [3.63, 3.8) is 0 Å². The van der Waals surface area contributed by atoms with E-state index in [4.69, 9.17) is 4.74 Å². The lowest BCUT2D eigenvalue weighted by atomic mass is 10.2. The zero-order chi connectivity index (χ0) is 15.2. The van der Waals surface area contributed by atoms with E-state index in [0.717, 1.165) is 18.5 Å². The Morgan fingerprint density at radius 2 is 2.10 bits per heavy atom. The van der Waals surface area contributed by atoms with Crippen molar-refractivity contribution in [2.45, 2.75) is 25.4 Å². The summed E-state index contributed by atoms with van der Waals surface area (Å²) in [5.74, 6) is 1.24. The predicted octanol–water partition coefficient (Wildman–Crippen LogP) is 4.26. The fraction of sp³-hybridized carbons (Fsp3) is 0.333. The van der Waals surface area contributed by atoms with E-state index >= 15 is 0 Å². The Labute approximate surface area is 128 Å². The van der Waals surface area contributed by atoms with Gasteiger partial charge in [-0.05, 0) is 31.2 Å². The molecule has 0 aliphatic heterocycles. The van der Waals surface area contributed by atoms with Crippen LogP contribution >= 0.6 is 11.8 Å². The van der Waals surface area contributed by atoms with Crippen molar-refractivity contribution in [1.82, 2.24) is 9.97 Å². The van der Waals surface area contributed by atoms with Crippen LogP contribution in [0.15, 0.2) is 29.4 Å². The summed E-state index contributed by atoms with van der Waals surface area (Å²) in [5, 5.41) is 3.81. The molecule has 0 atom stereocenters. The second-order valence-electron chi connectivity index (χ2n) is 4.52. The van der Waals surface area contributed by atoms with Crippen LogP contribution in [0.3, 0.4) is 0 Å². The SMILES string of the molecule is CCCNc1cc(Oc2cc(F)ccc2C)nc(SC)n1. The fourth-order valence-corrected chi connectivity index (χ4v) is 2.06. The van der Waals surface area contributed by atoms with Gasteiger partial charge >= 0.3 is 0 Å². The molecule has 6 heteroatoms. The van der Waals surface area contributed by atoms with Crippen LogP contribution in [-0.4, -0.2) is 22.8 Å². The van der Waals surface area contributed by atoms with E-state index in [9.17, 15) is 4.39 Å². The molecule has 0 spiro atoms. The van der Waals surface area contributed by atoms with Crippen molar-refractivity contribution in [3.8, 4) is 11.6 Å². The lowest BCUT2D eigenvalue weighted by molar-refractivity contribution is 0.448. The second kappa shape index (κ2) is 7.26. The lowest BCUT2D eigenvalue weighted by Gasteiger charge is -2.11. The standard InChI is InChI=1S/C15H18FN3OS/c1-4-7-17-13-9-14(19-15(18-13)21-3)20-12-8-11(16)6-5-10(12)2/h5-6,8-9H,4,7H2,1-3H3,(H,17,18,19). The minimum Gasteiger partial charge on any atom is -0.438 e. The second-order valence-corrected chi connectivity index (χ2v) is 5.29. The first-order chi connectivity index (χ1) is 10.1. The molecule has 0 fully saturated rings. The number of anilines is 1. The van der Waals surface area contributed by atoms with Gasteiger partial charge in [0.1, 0.15) is 17.4 Å². The molecule has 112 valence electrons. The van der Waals surface area contributed by atoms with Gasteiger partial charge in [-0.3, -0.25) is 0 Å². The van der Waals surface area contributed by atoms with Gasteiger partial charge in [0.2, 0.25) is 5.88 Å². The molecule has 0 amide bonds. The van der Waals surface area contributed by atoms with Crippen LogP contribution in [0.25, 0.3) is 0 Å². The van der Waals surface area contributed by atoms with Gasteiger partial charge in [0.25, 0.3) is 0 Å². The summed E-state index contributed by atoms with van der Waals surface area (Å²) in [6, 6.07) is 6.16. The van der Waals surface area contributed by atoms with Gasteiger partial charge in [0.15, 0.2) is 5.16 Å². The largest absolute Gasteiger partial charge is 0.438 e. The minimum atomic E-state index is -0.334. The highest BCUT2D eigenvalue weighted by Gasteiger charge is 2.08. The minimum absolute atomic E-state index is 0.334. The van der Waals surface area contributed by atoms with Crippen LogP contribution in [0, 0.1) is 12.7 Å². The number of benzene rings is 1. The lowest BCUT2D eigenvalue weighted by Crippen LogP contribution is -2.04. The topological polar surface area (TPSA) is 47.0 Å². The molecule has 2 rings (SSSR count). The first kappa shape index (κ1) is 15.6. The first-order valence-corrected chi connectivity index (χ1v) is 7.95. The fourth-order valence-electron chi connectivity index (χ4n) is 1.69. The van der Waals surface area contributed by atoms with Gasteiger partial charge in [-0.15, -0.1) is 0 Å². The molecule has 1 aromatic heterocycles. The number of nitrogens with zero attached hydrogens (tertiary/aromatic N) is 2. The average Bonchev–Trinajstić information content (AvgIpc) is 2.48. The molecule has 0 aliphatic rings. The van der Waals surface area contributed by atoms with Gasteiger partial charge in [-0.1, -0.05) is 24.8 Å². The van der Waals surface area contributed by atoms with Gasteiger partial charge in [-0.25, -0.2) is 9.37 Å². The molecular weight excluding hydrogens is 289 g/mol. The van der Waals surface area contributed by atoms with Crippen LogP contribution in [0.4, 0.5) is 10.2 Å². The molecule has 1 aromatic carbocycles. The van der Waals surface area contributed by atoms with Crippen molar-refractivity contribution in [1.29, 1.82) is 0 Å². The number of aromatic nitrogens is 2. The van der Waals surface area contributed by atoms with Crippen molar-refractivity contribution < 1.29 is 9.13 Å². The molecular formula is C15H18FN3OS. The van der Waals surface area contributed by atoms with Crippen molar-refractivity contribution in [2.24, 2.45) is 0 Å². The highest BCUT2D eigenvalue weighted by atomic mass is 32.2. The number of hydrogen-bond donors (Lipinski definition) is 1. The van der Waals surface area contributed by atoms with Crippen LogP contribution in [0.1, 0.15) is 18.9 Å². The number of thioether (sulfide) groups is 1. The number of nitrogens with one attached hydrogen (secondary N) is 1. The van der Waals surface area contributed by atoms with E-state index in [0.29, 0.717) is 22.6 Å². The Morgan fingerprint density at radius 3 is 2.81 bits per heavy atom. The maximum atomic E-state index is 13.3. The zero-order valence-corrected chi connectivity index (χ0v) is 13.1. The van der Waals surface area contributed by atoms with Gasteiger partial charge in [-0.2, -0.15) is 4.98 Å². The smallest absolute Gasteiger partial charge is 0.225 e. The number of aryl methyl sites for hydroxylation is 1. The Hall–Kier alpha value is -1.82. The highest BCUT2D eigenvalue weighted by molar-refractivity contribution is 7.98. The van der Waals surface area contributed by atoms with Gasteiger partial charge < -0.3 is 10.1 Å². The third-order valence-corrected chi connectivity index (χ3v) is 3.33. The Morgan fingerprint density at radius 1 is 1.29 bits per heavy atom. The summed E-state index contributed by atoms with van der Waals surface area (Å²) in [6.07, 6.45) is 2.90. The maximum Gasteiger partial charge on any atom is 0.225 e. The summed E-state index contributed by atoms with van der Waals surface area (Å²) in [4.78, 5) is 8.65. The summed E-state index contributed by atoms with van der Waals surface area (Å²) < 4.78 is 19.0. The Kier molecular flexibility index (Phi) is 5.38. The van der Waals surface area contributed by atoms with Gasteiger partial charge in [0, 0.05) is 18.7 Å². The molecule has 4 nitrogen and oxygen atoms in total. The molecule has 21 heavy (non-hydrogen) atoms. The van der Waals surface area contributed by atoms with Crippen LogP contribution in [0.2, 0.25) is 0 Å². The molecule has 0 saturated heterocycles. The molecule has 0 unspecified atom stereocenters. The first-order valence-electron chi connectivity index (χ1n) is 6.73.